The molecule has 0 N–H and O–H groups in total. The Morgan fingerprint density at radius 2 is 2.40 bits per heavy atom. The minimum atomic E-state index is 0.572. The van der Waals surface area contributed by atoms with Gasteiger partial charge in [-0.2, -0.15) is 0 Å². The van der Waals surface area contributed by atoms with Crippen LogP contribution in [0.5, 0.6) is 0 Å². The van der Waals surface area contributed by atoms with Crippen LogP contribution in [0.25, 0.3) is 0 Å². The Morgan fingerprint density at radius 1 is 1.70 bits per heavy atom. The van der Waals surface area contributed by atoms with E-state index in [1.165, 1.54) is 17.3 Å². The van der Waals surface area contributed by atoms with Crippen LogP contribution in [0.15, 0.2) is 4.99 Å². The summed E-state index contributed by atoms with van der Waals surface area (Å²) >= 11 is 1.86. The Morgan fingerprint density at radius 3 is 2.70 bits per heavy atom. The zero-order valence-electron chi connectivity index (χ0n) is 6.79. The van der Waals surface area contributed by atoms with E-state index in [-0.39, 0.29) is 0 Å². The van der Waals surface area contributed by atoms with Gasteiger partial charge in [-0.25, -0.2) is 0 Å². The van der Waals surface area contributed by atoms with Crippen molar-refractivity contribution in [3.05, 3.63) is 0 Å². The molecule has 3 heteroatoms. The lowest BCUT2D eigenvalue weighted by Crippen LogP contribution is -2.16. The highest BCUT2D eigenvalue weighted by molar-refractivity contribution is 8.14. The molecule has 58 valence electrons. The van der Waals surface area contributed by atoms with Crippen LogP contribution in [0.3, 0.4) is 0 Å². The maximum Gasteiger partial charge on any atom is 0.159 e. The minimum Gasteiger partial charge on any atom is -0.358 e. The molecule has 0 radical (unpaired) electrons. The first-order chi connectivity index (χ1) is 4.74. The van der Waals surface area contributed by atoms with E-state index >= 15 is 0 Å². The molecule has 0 aliphatic carbocycles. The van der Waals surface area contributed by atoms with Gasteiger partial charge in [-0.15, -0.1) is 0 Å². The first kappa shape index (κ1) is 7.92. The summed E-state index contributed by atoms with van der Waals surface area (Å²) < 4.78 is 0. The topological polar surface area (TPSA) is 15.6 Å². The molecule has 0 saturated heterocycles. The Hall–Kier alpha value is -0.180. The zero-order valence-corrected chi connectivity index (χ0v) is 7.61. The van der Waals surface area contributed by atoms with Crippen molar-refractivity contribution in [2.24, 2.45) is 4.99 Å². The number of rotatable bonds is 1. The smallest absolute Gasteiger partial charge is 0.159 e. The van der Waals surface area contributed by atoms with Crippen LogP contribution >= 0.6 is 11.8 Å². The first-order valence-corrected chi connectivity index (χ1v) is 4.60. The Kier molecular flexibility index (Phi) is 2.60. The van der Waals surface area contributed by atoms with Crippen LogP contribution in [0, 0.1) is 0 Å². The fourth-order valence-electron chi connectivity index (χ4n) is 0.855. The van der Waals surface area contributed by atoms with Gasteiger partial charge in [0.1, 0.15) is 0 Å². The van der Waals surface area contributed by atoms with E-state index in [0.29, 0.717) is 6.04 Å². The summed E-state index contributed by atoms with van der Waals surface area (Å²) in [6.07, 6.45) is 1.17. The van der Waals surface area contributed by atoms with Crippen molar-refractivity contribution in [2.45, 2.75) is 19.4 Å². The van der Waals surface area contributed by atoms with Crippen LogP contribution < -0.4 is 0 Å². The van der Waals surface area contributed by atoms with Crippen molar-refractivity contribution >= 4 is 16.9 Å². The number of nitrogens with zero attached hydrogens (tertiary/aromatic N) is 2. The van der Waals surface area contributed by atoms with Gasteiger partial charge in [0.05, 0.1) is 6.04 Å². The second-order valence-electron chi connectivity index (χ2n) is 2.68. The summed E-state index contributed by atoms with van der Waals surface area (Å²) in [7, 11) is 4.09. The van der Waals surface area contributed by atoms with Crippen molar-refractivity contribution in [2.75, 3.05) is 19.8 Å². The van der Waals surface area contributed by atoms with Crippen molar-refractivity contribution in [1.29, 1.82) is 0 Å². The van der Waals surface area contributed by atoms with E-state index in [9.17, 15) is 0 Å². The number of hydrogen-bond acceptors (Lipinski definition) is 3. The Balaban J connectivity index is 2.48. The summed E-state index contributed by atoms with van der Waals surface area (Å²) in [4.78, 5) is 6.60. The molecule has 0 aromatic rings. The quantitative estimate of drug-likeness (QED) is 0.573. The number of thioether (sulfide) groups is 1. The van der Waals surface area contributed by atoms with Gasteiger partial charge >= 0.3 is 0 Å². The fraction of sp³-hybridized carbons (Fsp3) is 0.857. The van der Waals surface area contributed by atoms with Crippen LogP contribution in [0.4, 0.5) is 0 Å². The number of amidine groups is 1. The Labute approximate surface area is 66.7 Å². The molecule has 2 nitrogen and oxygen atoms in total. The van der Waals surface area contributed by atoms with Crippen LogP contribution in [0.2, 0.25) is 0 Å². The van der Waals surface area contributed by atoms with Crippen molar-refractivity contribution in [1.82, 2.24) is 4.90 Å². The zero-order chi connectivity index (χ0) is 7.56. The van der Waals surface area contributed by atoms with E-state index < -0.39 is 0 Å². The summed E-state index contributed by atoms with van der Waals surface area (Å²) in [5, 5.41) is 1.19. The third-order valence-corrected chi connectivity index (χ3v) is 2.83. The number of aliphatic imine (C=N–C) groups is 1. The molecular formula is C7H14N2S. The molecule has 0 bridgehead atoms. The van der Waals surface area contributed by atoms with E-state index in [2.05, 4.69) is 16.8 Å². The first-order valence-electron chi connectivity index (χ1n) is 3.62. The van der Waals surface area contributed by atoms with E-state index in [4.69, 9.17) is 0 Å². The highest BCUT2D eigenvalue weighted by Gasteiger charge is 2.16. The molecular weight excluding hydrogens is 144 g/mol. The predicted molar refractivity (Wildman–Crippen MR) is 47.7 cm³/mol. The van der Waals surface area contributed by atoms with Crippen LogP contribution in [0.1, 0.15) is 13.3 Å². The lowest BCUT2D eigenvalue weighted by molar-refractivity contribution is 0.624. The van der Waals surface area contributed by atoms with E-state index in [1.54, 1.807) is 0 Å². The molecule has 0 aromatic heterocycles. The SMILES string of the molecule is CCC1CSC(N(C)C)=N1. The summed E-state index contributed by atoms with van der Waals surface area (Å²) in [5.41, 5.74) is 0. The molecule has 0 amide bonds. The van der Waals surface area contributed by atoms with E-state index in [0.717, 1.165) is 0 Å². The molecule has 1 rings (SSSR count). The van der Waals surface area contributed by atoms with Gasteiger partial charge in [-0.3, -0.25) is 4.99 Å². The second-order valence-corrected chi connectivity index (χ2v) is 3.67. The average Bonchev–Trinajstić information content (AvgIpc) is 2.34. The third kappa shape index (κ3) is 1.66. The standard InChI is InChI=1S/C7H14N2S/c1-4-6-5-10-7(8-6)9(2)3/h6H,4-5H2,1-3H3. The maximum absolute atomic E-state index is 4.51. The molecule has 1 unspecified atom stereocenters. The maximum atomic E-state index is 4.51. The molecule has 10 heavy (non-hydrogen) atoms. The average molecular weight is 158 g/mol. The highest BCUT2D eigenvalue weighted by Crippen LogP contribution is 2.20. The summed E-state index contributed by atoms with van der Waals surface area (Å²) in [6, 6.07) is 0.572. The molecule has 1 aliphatic rings. The van der Waals surface area contributed by atoms with Gasteiger partial charge in [-0.05, 0) is 6.42 Å². The lowest BCUT2D eigenvalue weighted by Gasteiger charge is -2.08. The predicted octanol–water partition coefficient (Wildman–Crippen LogP) is 1.43. The number of hydrogen-bond donors (Lipinski definition) is 0. The Bertz CT molecular complexity index is 143. The van der Waals surface area contributed by atoms with Crippen molar-refractivity contribution in [3.8, 4) is 0 Å². The molecule has 0 spiro atoms. The van der Waals surface area contributed by atoms with E-state index in [1.807, 2.05) is 25.9 Å². The minimum absolute atomic E-state index is 0.572. The third-order valence-electron chi connectivity index (χ3n) is 1.55. The van der Waals surface area contributed by atoms with Crippen LogP contribution in [-0.4, -0.2) is 36.0 Å². The van der Waals surface area contributed by atoms with Crippen LogP contribution in [-0.2, 0) is 0 Å². The molecule has 1 aliphatic heterocycles. The van der Waals surface area contributed by atoms with Gasteiger partial charge < -0.3 is 4.90 Å². The molecule has 0 fully saturated rings. The van der Waals surface area contributed by atoms with Gasteiger partial charge in [0.2, 0.25) is 0 Å². The monoisotopic (exact) mass is 158 g/mol. The summed E-state index contributed by atoms with van der Waals surface area (Å²) in [6.45, 7) is 2.19. The van der Waals surface area contributed by atoms with Gasteiger partial charge in [-0.1, -0.05) is 18.7 Å². The molecule has 1 heterocycles. The van der Waals surface area contributed by atoms with Crippen molar-refractivity contribution in [3.63, 3.8) is 0 Å². The van der Waals surface area contributed by atoms with Gasteiger partial charge in [0.25, 0.3) is 0 Å². The van der Waals surface area contributed by atoms with Crippen molar-refractivity contribution < 1.29 is 0 Å². The molecule has 0 aromatic carbocycles. The molecule has 1 atom stereocenters. The second kappa shape index (κ2) is 3.28. The molecule has 0 saturated carbocycles. The highest BCUT2D eigenvalue weighted by atomic mass is 32.2. The van der Waals surface area contributed by atoms with Gasteiger partial charge in [0.15, 0.2) is 5.17 Å². The van der Waals surface area contributed by atoms with Gasteiger partial charge in [0, 0.05) is 19.8 Å². The normalized spacial score (nSPS) is 24.7. The fourth-order valence-corrected chi connectivity index (χ4v) is 1.99. The lowest BCUT2D eigenvalue weighted by atomic mass is 10.3. The largest absolute Gasteiger partial charge is 0.358 e. The summed E-state index contributed by atoms with van der Waals surface area (Å²) in [5.74, 6) is 1.17.